The van der Waals surface area contributed by atoms with Crippen LogP contribution < -0.4 is 5.32 Å². The highest BCUT2D eigenvalue weighted by Gasteiger charge is 2.29. The number of nitrogens with one attached hydrogen (secondary N) is 1. The Morgan fingerprint density at radius 2 is 2.10 bits per heavy atom. The minimum atomic E-state index is -0.151. The van der Waals surface area contributed by atoms with Crippen molar-refractivity contribution in [3.63, 3.8) is 0 Å². The molecule has 1 fully saturated rings. The van der Waals surface area contributed by atoms with E-state index in [1.807, 2.05) is 30.5 Å². The fourth-order valence-electron chi connectivity index (χ4n) is 3.52. The van der Waals surface area contributed by atoms with Crippen molar-refractivity contribution < 1.29 is 9.53 Å². The highest BCUT2D eigenvalue weighted by atomic mass is 32.1. The van der Waals surface area contributed by atoms with E-state index in [-0.39, 0.29) is 11.4 Å². The summed E-state index contributed by atoms with van der Waals surface area (Å²) in [6.45, 7) is 9.88. The van der Waals surface area contributed by atoms with Gasteiger partial charge in [0.05, 0.1) is 41.2 Å². The fourth-order valence-corrected chi connectivity index (χ4v) is 4.21. The molecule has 0 saturated carbocycles. The number of hydrogen-bond acceptors (Lipinski definition) is 7. The van der Waals surface area contributed by atoms with Gasteiger partial charge in [-0.15, -0.1) is 11.3 Å². The van der Waals surface area contributed by atoms with Crippen LogP contribution >= 0.6 is 11.3 Å². The maximum absolute atomic E-state index is 12.8. The fraction of sp³-hybridized carbons (Fsp3) is 0.429. The lowest BCUT2D eigenvalue weighted by molar-refractivity contribution is -0.00923. The molecule has 1 saturated heterocycles. The van der Waals surface area contributed by atoms with E-state index in [0.29, 0.717) is 23.8 Å². The van der Waals surface area contributed by atoms with Crippen LogP contribution in [0.3, 0.4) is 0 Å². The molecule has 1 aliphatic rings. The van der Waals surface area contributed by atoms with Gasteiger partial charge in [0, 0.05) is 31.4 Å². The second-order valence-corrected chi connectivity index (χ2v) is 8.82. The molecule has 3 aromatic rings. The number of rotatable bonds is 6. The van der Waals surface area contributed by atoms with E-state index < -0.39 is 0 Å². The number of aromatic nitrogens is 4. The van der Waals surface area contributed by atoms with Crippen molar-refractivity contribution in [2.75, 3.05) is 32.8 Å². The van der Waals surface area contributed by atoms with E-state index >= 15 is 0 Å². The van der Waals surface area contributed by atoms with Crippen LogP contribution in [0.15, 0.2) is 36.0 Å². The first-order valence-electron chi connectivity index (χ1n) is 9.98. The van der Waals surface area contributed by atoms with Crippen LogP contribution in [0, 0.1) is 6.92 Å². The number of amides is 1. The summed E-state index contributed by atoms with van der Waals surface area (Å²) < 4.78 is 7.04. The lowest BCUT2D eigenvalue weighted by Gasteiger charge is -2.40. The van der Waals surface area contributed by atoms with Crippen LogP contribution in [0.2, 0.25) is 0 Å². The van der Waals surface area contributed by atoms with Gasteiger partial charge >= 0.3 is 0 Å². The first kappa shape index (κ1) is 20.6. The molecule has 0 spiro atoms. The molecule has 4 rings (SSSR count). The molecule has 1 N–H and O–H groups in total. The highest BCUT2D eigenvalue weighted by Crippen LogP contribution is 2.23. The van der Waals surface area contributed by atoms with E-state index in [1.54, 1.807) is 28.4 Å². The summed E-state index contributed by atoms with van der Waals surface area (Å²) in [5, 5.41) is 9.44. The molecular formula is C21H26N6O2S. The van der Waals surface area contributed by atoms with Crippen LogP contribution in [0.5, 0.6) is 0 Å². The second kappa shape index (κ2) is 8.63. The maximum Gasteiger partial charge on any atom is 0.254 e. The second-order valence-electron chi connectivity index (χ2n) is 7.87. The number of carbonyl (C=O) groups is 1. The lowest BCUT2D eigenvalue weighted by atomic mass is 10.0. The average molecular weight is 427 g/mol. The summed E-state index contributed by atoms with van der Waals surface area (Å²) in [4.78, 5) is 25.2. The summed E-state index contributed by atoms with van der Waals surface area (Å²) in [6, 6.07) is 5.87. The third-order valence-corrected chi connectivity index (χ3v) is 6.30. The molecule has 1 aliphatic heterocycles. The minimum absolute atomic E-state index is 0.144. The lowest BCUT2D eigenvalue weighted by Crippen LogP contribution is -2.55. The Balaban J connectivity index is 1.48. The largest absolute Gasteiger partial charge is 0.379 e. The number of hydrogen-bond donors (Lipinski definition) is 1. The summed E-state index contributed by atoms with van der Waals surface area (Å²) in [7, 11) is 0. The quantitative estimate of drug-likeness (QED) is 0.652. The highest BCUT2D eigenvalue weighted by molar-refractivity contribution is 7.13. The summed E-state index contributed by atoms with van der Waals surface area (Å²) in [5.41, 5.74) is 1.92. The maximum atomic E-state index is 12.8. The Bertz CT molecular complexity index is 1010. The normalized spacial score (nSPS) is 15.3. The molecule has 8 nitrogen and oxygen atoms in total. The Hall–Kier alpha value is -2.62. The average Bonchev–Trinajstić information content (AvgIpc) is 3.43. The van der Waals surface area contributed by atoms with Crippen molar-refractivity contribution in [1.82, 2.24) is 30.0 Å². The Morgan fingerprint density at radius 1 is 1.30 bits per heavy atom. The van der Waals surface area contributed by atoms with E-state index in [1.165, 1.54) is 0 Å². The molecule has 0 aliphatic carbocycles. The van der Waals surface area contributed by atoms with Crippen LogP contribution in [0.25, 0.3) is 16.5 Å². The summed E-state index contributed by atoms with van der Waals surface area (Å²) in [6.07, 6.45) is 3.29. The number of nitrogens with zero attached hydrogens (tertiary/aromatic N) is 5. The smallest absolute Gasteiger partial charge is 0.254 e. The molecule has 9 heteroatoms. The van der Waals surface area contributed by atoms with Gasteiger partial charge in [0.2, 0.25) is 0 Å². The van der Waals surface area contributed by atoms with E-state index in [2.05, 4.69) is 39.1 Å². The molecule has 0 unspecified atom stereocenters. The zero-order chi connectivity index (χ0) is 21.1. The third-order valence-electron chi connectivity index (χ3n) is 5.41. The predicted octanol–water partition coefficient (Wildman–Crippen LogP) is 2.54. The van der Waals surface area contributed by atoms with Gasteiger partial charge in [-0.2, -0.15) is 5.10 Å². The zero-order valence-electron chi connectivity index (χ0n) is 17.5. The third kappa shape index (κ3) is 4.28. The molecular weight excluding hydrogens is 400 g/mol. The van der Waals surface area contributed by atoms with Gasteiger partial charge in [-0.3, -0.25) is 9.69 Å². The van der Waals surface area contributed by atoms with E-state index in [0.717, 1.165) is 36.9 Å². The van der Waals surface area contributed by atoms with Crippen molar-refractivity contribution in [2.24, 2.45) is 0 Å². The molecule has 0 aromatic carbocycles. The SMILES string of the molecule is Cc1c(C(=O)NCC(C)(C)N2CCOCC2)cnn1-c1nccc(-c2cccs2)n1. The minimum Gasteiger partial charge on any atom is -0.379 e. The van der Waals surface area contributed by atoms with Gasteiger partial charge in [-0.05, 0) is 38.3 Å². The molecule has 0 radical (unpaired) electrons. The molecule has 0 atom stereocenters. The number of thiophene rings is 1. The number of carbonyl (C=O) groups excluding carboxylic acids is 1. The van der Waals surface area contributed by atoms with Crippen molar-refractivity contribution in [1.29, 1.82) is 0 Å². The molecule has 158 valence electrons. The van der Waals surface area contributed by atoms with Gasteiger partial charge in [-0.25, -0.2) is 14.6 Å². The van der Waals surface area contributed by atoms with Gasteiger partial charge < -0.3 is 10.1 Å². The van der Waals surface area contributed by atoms with Crippen molar-refractivity contribution in [2.45, 2.75) is 26.3 Å². The topological polar surface area (TPSA) is 85.2 Å². The Labute approximate surface area is 179 Å². The Morgan fingerprint density at radius 3 is 2.83 bits per heavy atom. The van der Waals surface area contributed by atoms with Gasteiger partial charge in [0.25, 0.3) is 11.9 Å². The molecule has 1 amide bonds. The van der Waals surface area contributed by atoms with E-state index in [4.69, 9.17) is 4.74 Å². The van der Waals surface area contributed by atoms with Crippen molar-refractivity contribution in [3.8, 4) is 16.5 Å². The monoisotopic (exact) mass is 426 g/mol. The van der Waals surface area contributed by atoms with Gasteiger partial charge in [-0.1, -0.05) is 6.07 Å². The van der Waals surface area contributed by atoms with Crippen LogP contribution in [0.4, 0.5) is 0 Å². The predicted molar refractivity (Wildman–Crippen MR) is 116 cm³/mol. The van der Waals surface area contributed by atoms with Crippen LogP contribution in [0.1, 0.15) is 29.9 Å². The first-order chi connectivity index (χ1) is 14.5. The van der Waals surface area contributed by atoms with Gasteiger partial charge in [0.1, 0.15) is 0 Å². The standard InChI is InChI=1S/C21H26N6O2S/c1-15-16(19(28)23-14-21(2,3)26-8-10-29-11-9-26)13-24-27(15)20-22-7-6-17(25-20)18-5-4-12-30-18/h4-7,12-13H,8-11,14H2,1-3H3,(H,23,28). The molecule has 3 aromatic heterocycles. The van der Waals surface area contributed by atoms with E-state index in [9.17, 15) is 4.79 Å². The number of ether oxygens (including phenoxy) is 1. The van der Waals surface area contributed by atoms with Crippen LogP contribution in [-0.2, 0) is 4.74 Å². The van der Waals surface area contributed by atoms with Crippen LogP contribution in [-0.4, -0.2) is 68.9 Å². The molecule has 4 heterocycles. The van der Waals surface area contributed by atoms with Crippen molar-refractivity contribution in [3.05, 3.63) is 47.2 Å². The first-order valence-corrected chi connectivity index (χ1v) is 10.9. The summed E-state index contributed by atoms with van der Waals surface area (Å²) >= 11 is 1.62. The molecule has 0 bridgehead atoms. The zero-order valence-corrected chi connectivity index (χ0v) is 18.3. The van der Waals surface area contributed by atoms with Crippen molar-refractivity contribution >= 4 is 17.2 Å². The van der Waals surface area contributed by atoms with Gasteiger partial charge in [0.15, 0.2) is 0 Å². The Kier molecular flexibility index (Phi) is 5.94. The summed E-state index contributed by atoms with van der Waals surface area (Å²) in [5.74, 6) is 0.306. The number of morpholine rings is 1. The molecule has 30 heavy (non-hydrogen) atoms.